The number of aryl methyl sites for hydroxylation is 1. The summed E-state index contributed by atoms with van der Waals surface area (Å²) in [6, 6.07) is 4.95. The second-order valence-corrected chi connectivity index (χ2v) is 6.09. The molecule has 1 N–H and O–H groups in total. The van der Waals surface area contributed by atoms with Crippen LogP contribution in [0.5, 0.6) is 0 Å². The summed E-state index contributed by atoms with van der Waals surface area (Å²) in [6.45, 7) is 2.72. The summed E-state index contributed by atoms with van der Waals surface area (Å²) >= 11 is 0. The zero-order valence-electron chi connectivity index (χ0n) is 13.2. The molecule has 2 fully saturated rings. The Labute approximate surface area is 138 Å². The van der Waals surface area contributed by atoms with Gasteiger partial charge in [-0.1, -0.05) is 6.07 Å². The maximum absolute atomic E-state index is 12.9. The summed E-state index contributed by atoms with van der Waals surface area (Å²) in [6.07, 6.45) is 2.41. The highest BCUT2D eigenvalue weighted by molar-refractivity contribution is 6.02. The third-order valence-electron chi connectivity index (χ3n) is 4.60. The predicted molar refractivity (Wildman–Crippen MR) is 84.5 cm³/mol. The zero-order valence-corrected chi connectivity index (χ0v) is 13.2. The van der Waals surface area contributed by atoms with Gasteiger partial charge in [0.25, 0.3) is 5.91 Å². The maximum atomic E-state index is 12.9. The first-order valence-electron chi connectivity index (χ1n) is 7.89. The molecule has 2 aliphatic rings. The van der Waals surface area contributed by atoms with E-state index in [0.29, 0.717) is 30.9 Å². The van der Waals surface area contributed by atoms with E-state index in [1.54, 1.807) is 9.30 Å². The average Bonchev–Trinajstić information content (AvgIpc) is 3.24. The highest BCUT2D eigenvalue weighted by Gasteiger charge is 2.40. The summed E-state index contributed by atoms with van der Waals surface area (Å²) in [5.74, 6) is -0.356. The van der Waals surface area contributed by atoms with Crippen molar-refractivity contribution in [1.29, 1.82) is 0 Å². The largest absolute Gasteiger partial charge is 0.335 e. The van der Waals surface area contributed by atoms with Crippen molar-refractivity contribution in [2.45, 2.75) is 19.4 Å². The van der Waals surface area contributed by atoms with Gasteiger partial charge >= 0.3 is 6.03 Å². The lowest BCUT2D eigenvalue weighted by Gasteiger charge is -2.21. The Morgan fingerprint density at radius 3 is 2.92 bits per heavy atom. The number of carbonyl (C=O) groups excluding carboxylic acids is 3. The summed E-state index contributed by atoms with van der Waals surface area (Å²) in [4.78, 5) is 43.9. The van der Waals surface area contributed by atoms with E-state index in [9.17, 15) is 14.4 Å². The lowest BCUT2D eigenvalue weighted by atomic mass is 10.2. The number of carbonyl (C=O) groups is 3. The van der Waals surface area contributed by atoms with Crippen molar-refractivity contribution in [2.24, 2.45) is 0 Å². The molecular formula is C16H17N5O3. The topological polar surface area (TPSA) is 87.0 Å². The molecule has 1 unspecified atom stereocenters. The minimum absolute atomic E-state index is 0.0373. The van der Waals surface area contributed by atoms with Crippen LogP contribution >= 0.6 is 0 Å². The van der Waals surface area contributed by atoms with Crippen molar-refractivity contribution in [3.8, 4) is 0 Å². The number of aromatic nitrogens is 2. The predicted octanol–water partition coefficient (Wildman–Crippen LogP) is 0.409. The van der Waals surface area contributed by atoms with Crippen LogP contribution in [0.15, 0.2) is 24.4 Å². The number of fused-ring (bicyclic) bond motifs is 1. The average molecular weight is 327 g/mol. The number of pyridine rings is 1. The Balaban J connectivity index is 1.58. The number of hydrogen-bond acceptors (Lipinski definition) is 4. The molecule has 124 valence electrons. The first-order chi connectivity index (χ1) is 11.6. The van der Waals surface area contributed by atoms with Gasteiger partial charge in [-0.15, -0.1) is 0 Å². The van der Waals surface area contributed by atoms with Gasteiger partial charge in [0.2, 0.25) is 5.91 Å². The van der Waals surface area contributed by atoms with Gasteiger partial charge in [0.1, 0.15) is 11.3 Å². The third-order valence-corrected chi connectivity index (χ3v) is 4.60. The lowest BCUT2D eigenvalue weighted by molar-refractivity contribution is -0.126. The molecule has 2 aromatic rings. The number of hydrogen-bond donors (Lipinski definition) is 1. The minimum Gasteiger partial charge on any atom is -0.335 e. The van der Waals surface area contributed by atoms with Crippen LogP contribution < -0.4 is 5.32 Å². The van der Waals surface area contributed by atoms with Crippen LogP contribution in [0.4, 0.5) is 4.79 Å². The number of urea groups is 1. The molecular weight excluding hydrogens is 310 g/mol. The summed E-state index contributed by atoms with van der Waals surface area (Å²) in [5, 5.41) is 2.52. The van der Waals surface area contributed by atoms with Crippen molar-refractivity contribution in [3.63, 3.8) is 0 Å². The molecule has 1 atom stereocenters. The molecule has 24 heavy (non-hydrogen) atoms. The smallest absolute Gasteiger partial charge is 0.324 e. The van der Waals surface area contributed by atoms with E-state index in [1.165, 1.54) is 4.90 Å². The molecule has 4 amide bonds. The molecule has 0 aliphatic carbocycles. The van der Waals surface area contributed by atoms with Crippen molar-refractivity contribution < 1.29 is 14.4 Å². The monoisotopic (exact) mass is 327 g/mol. The highest BCUT2D eigenvalue weighted by Crippen LogP contribution is 2.22. The van der Waals surface area contributed by atoms with Crippen LogP contribution in [0.3, 0.4) is 0 Å². The first-order valence-corrected chi connectivity index (χ1v) is 7.89. The van der Waals surface area contributed by atoms with Gasteiger partial charge in [-0.05, 0) is 25.5 Å². The Hall–Kier alpha value is -2.90. The summed E-state index contributed by atoms with van der Waals surface area (Å²) in [5.41, 5.74) is 1.93. The molecule has 0 bridgehead atoms. The number of imide groups is 1. The van der Waals surface area contributed by atoms with Crippen LogP contribution in [0, 0.1) is 6.92 Å². The first kappa shape index (κ1) is 14.7. The van der Waals surface area contributed by atoms with E-state index >= 15 is 0 Å². The van der Waals surface area contributed by atoms with Gasteiger partial charge < -0.3 is 10.2 Å². The van der Waals surface area contributed by atoms with Crippen LogP contribution in [0.25, 0.3) is 5.65 Å². The van der Waals surface area contributed by atoms with Gasteiger partial charge in [-0.3, -0.25) is 18.9 Å². The quantitative estimate of drug-likeness (QED) is 0.809. The van der Waals surface area contributed by atoms with E-state index in [-0.39, 0.29) is 30.4 Å². The molecule has 4 heterocycles. The Bertz CT molecular complexity index is 843. The molecule has 2 aromatic heterocycles. The second kappa shape index (κ2) is 5.33. The number of rotatable bonds is 2. The molecule has 4 rings (SSSR count). The van der Waals surface area contributed by atoms with Crippen LogP contribution in [0.1, 0.15) is 22.6 Å². The molecule has 8 heteroatoms. The summed E-state index contributed by atoms with van der Waals surface area (Å²) < 4.78 is 1.78. The van der Waals surface area contributed by atoms with Crippen molar-refractivity contribution in [1.82, 2.24) is 24.5 Å². The van der Waals surface area contributed by atoms with Gasteiger partial charge in [0.05, 0.1) is 18.3 Å². The fraction of sp³-hybridized carbons (Fsp3) is 0.375. The number of amides is 4. The molecule has 0 spiro atoms. The van der Waals surface area contributed by atoms with E-state index in [0.717, 1.165) is 5.65 Å². The Morgan fingerprint density at radius 2 is 2.17 bits per heavy atom. The van der Waals surface area contributed by atoms with E-state index < -0.39 is 0 Å². The van der Waals surface area contributed by atoms with Gasteiger partial charge in [-0.25, -0.2) is 9.78 Å². The Kier molecular flexibility index (Phi) is 3.26. The van der Waals surface area contributed by atoms with E-state index in [1.807, 2.05) is 31.3 Å². The lowest BCUT2D eigenvalue weighted by Crippen LogP contribution is -2.43. The molecule has 0 aromatic carbocycles. The fourth-order valence-corrected chi connectivity index (χ4v) is 3.46. The molecule has 2 saturated heterocycles. The van der Waals surface area contributed by atoms with Crippen LogP contribution in [-0.2, 0) is 4.79 Å². The van der Waals surface area contributed by atoms with Crippen molar-refractivity contribution in [2.75, 3.05) is 19.6 Å². The molecule has 8 nitrogen and oxygen atoms in total. The van der Waals surface area contributed by atoms with Crippen molar-refractivity contribution in [3.05, 3.63) is 35.8 Å². The number of nitrogens with one attached hydrogen (secondary N) is 1. The second-order valence-electron chi connectivity index (χ2n) is 6.09. The standard InChI is InChI=1S/C16H17N5O3/c1-10-14(20-6-3-2-4-12(20)18-10)15(23)19-7-5-11(9-19)21-13(22)8-17-16(21)24/h2-4,6,11H,5,7-9H2,1H3,(H,17,24). The SMILES string of the molecule is Cc1nc2ccccn2c1C(=O)N1CCC(N2C(=O)CNC2=O)C1. The van der Waals surface area contributed by atoms with E-state index in [2.05, 4.69) is 10.3 Å². The fourth-order valence-electron chi connectivity index (χ4n) is 3.46. The van der Waals surface area contributed by atoms with Gasteiger partial charge in [0, 0.05) is 19.3 Å². The highest BCUT2D eigenvalue weighted by atomic mass is 16.2. The number of imidazole rings is 1. The maximum Gasteiger partial charge on any atom is 0.324 e. The Morgan fingerprint density at radius 1 is 1.33 bits per heavy atom. The number of nitrogens with zero attached hydrogens (tertiary/aromatic N) is 4. The molecule has 0 radical (unpaired) electrons. The van der Waals surface area contributed by atoms with Crippen LogP contribution in [-0.4, -0.2) is 62.7 Å². The van der Waals surface area contributed by atoms with Crippen molar-refractivity contribution >= 4 is 23.5 Å². The van der Waals surface area contributed by atoms with Gasteiger partial charge in [0.15, 0.2) is 0 Å². The number of likely N-dealkylation sites (tertiary alicyclic amines) is 1. The zero-order chi connectivity index (χ0) is 16.8. The molecule has 0 saturated carbocycles. The molecule has 2 aliphatic heterocycles. The van der Waals surface area contributed by atoms with Gasteiger partial charge in [-0.2, -0.15) is 0 Å². The summed E-state index contributed by atoms with van der Waals surface area (Å²) in [7, 11) is 0. The normalized spacial score (nSPS) is 21.0. The third kappa shape index (κ3) is 2.14. The van der Waals surface area contributed by atoms with E-state index in [4.69, 9.17) is 0 Å². The van der Waals surface area contributed by atoms with Crippen LogP contribution in [0.2, 0.25) is 0 Å². The minimum atomic E-state index is -0.370.